The summed E-state index contributed by atoms with van der Waals surface area (Å²) >= 11 is 0. The Morgan fingerprint density at radius 3 is 2.24 bits per heavy atom. The van der Waals surface area contributed by atoms with Crippen molar-refractivity contribution >= 4 is 15.5 Å². The van der Waals surface area contributed by atoms with E-state index in [2.05, 4.69) is 0 Å². The van der Waals surface area contributed by atoms with Crippen molar-refractivity contribution in [3.05, 3.63) is 29.8 Å². The van der Waals surface area contributed by atoms with E-state index in [0.29, 0.717) is 13.1 Å². The molecule has 0 unspecified atom stereocenters. The van der Waals surface area contributed by atoms with Gasteiger partial charge >= 0.3 is 0 Å². The van der Waals surface area contributed by atoms with Gasteiger partial charge in [-0.2, -0.15) is 0 Å². The van der Waals surface area contributed by atoms with E-state index in [4.69, 9.17) is 5.73 Å². The molecule has 5 heteroatoms. The number of nitrogens with zero attached hydrogens (tertiary/aromatic N) is 1. The van der Waals surface area contributed by atoms with Crippen LogP contribution in [-0.2, 0) is 16.4 Å². The monoisotopic (exact) mass is 256 g/mol. The van der Waals surface area contributed by atoms with Crippen molar-refractivity contribution in [2.24, 2.45) is 5.73 Å². The van der Waals surface area contributed by atoms with E-state index in [1.54, 1.807) is 0 Å². The Labute approximate surface area is 103 Å². The number of rotatable bonds is 6. The van der Waals surface area contributed by atoms with E-state index in [9.17, 15) is 8.42 Å². The zero-order valence-corrected chi connectivity index (χ0v) is 11.2. The molecule has 0 radical (unpaired) electrons. The summed E-state index contributed by atoms with van der Waals surface area (Å²) < 4.78 is 22.3. The van der Waals surface area contributed by atoms with Gasteiger partial charge in [-0.15, -0.1) is 0 Å². The second-order valence-corrected chi connectivity index (χ2v) is 6.34. The highest BCUT2D eigenvalue weighted by Crippen LogP contribution is 2.14. The first kappa shape index (κ1) is 14.0. The molecule has 0 amide bonds. The molecule has 96 valence electrons. The topological polar surface area (TPSA) is 63.4 Å². The molecule has 0 spiro atoms. The number of hydrogen-bond donors (Lipinski definition) is 1. The standard InChI is InChI=1S/C12H20N2O2S/c1-3-14(8-9-17(2,15)16)12-6-4-11(10-13)5-7-12/h4-7H,3,8-10,13H2,1-2H3. The second-order valence-electron chi connectivity index (χ2n) is 4.08. The van der Waals surface area contributed by atoms with E-state index in [1.165, 1.54) is 6.26 Å². The first-order valence-corrected chi connectivity index (χ1v) is 7.74. The quantitative estimate of drug-likeness (QED) is 0.825. The highest BCUT2D eigenvalue weighted by molar-refractivity contribution is 7.90. The van der Waals surface area contributed by atoms with Crippen LogP contribution in [0.1, 0.15) is 12.5 Å². The van der Waals surface area contributed by atoms with Crippen molar-refractivity contribution in [1.82, 2.24) is 0 Å². The van der Waals surface area contributed by atoms with Gasteiger partial charge in [0, 0.05) is 31.6 Å². The fourth-order valence-electron chi connectivity index (χ4n) is 1.59. The average molecular weight is 256 g/mol. The molecule has 1 rings (SSSR count). The van der Waals surface area contributed by atoms with Gasteiger partial charge in [-0.05, 0) is 24.6 Å². The first-order chi connectivity index (χ1) is 7.96. The summed E-state index contributed by atoms with van der Waals surface area (Å²) in [6.45, 7) is 3.85. The number of hydrogen-bond acceptors (Lipinski definition) is 4. The number of nitrogens with two attached hydrogens (primary N) is 1. The molecule has 2 N–H and O–H groups in total. The Morgan fingerprint density at radius 1 is 1.24 bits per heavy atom. The van der Waals surface area contributed by atoms with Gasteiger partial charge in [0.05, 0.1) is 5.75 Å². The average Bonchev–Trinajstić information content (AvgIpc) is 2.29. The van der Waals surface area contributed by atoms with Crippen molar-refractivity contribution in [2.45, 2.75) is 13.5 Å². The fourth-order valence-corrected chi connectivity index (χ4v) is 2.14. The largest absolute Gasteiger partial charge is 0.371 e. The molecule has 17 heavy (non-hydrogen) atoms. The van der Waals surface area contributed by atoms with Crippen LogP contribution >= 0.6 is 0 Å². The molecule has 0 aliphatic rings. The lowest BCUT2D eigenvalue weighted by Crippen LogP contribution is -2.28. The maximum absolute atomic E-state index is 11.1. The van der Waals surface area contributed by atoms with Gasteiger partial charge in [0.25, 0.3) is 0 Å². The van der Waals surface area contributed by atoms with Crippen LogP contribution in [0.2, 0.25) is 0 Å². The molecule has 0 saturated carbocycles. The first-order valence-electron chi connectivity index (χ1n) is 5.68. The van der Waals surface area contributed by atoms with Crippen molar-refractivity contribution < 1.29 is 8.42 Å². The summed E-state index contributed by atoms with van der Waals surface area (Å²) in [5.41, 5.74) is 7.64. The molecule has 0 aromatic heterocycles. The molecule has 0 heterocycles. The lowest BCUT2D eigenvalue weighted by Gasteiger charge is -2.22. The zero-order chi connectivity index (χ0) is 12.9. The third-order valence-corrected chi connectivity index (χ3v) is 3.58. The third-order valence-electron chi connectivity index (χ3n) is 2.65. The van der Waals surface area contributed by atoms with Crippen LogP contribution in [0.5, 0.6) is 0 Å². The minimum absolute atomic E-state index is 0.180. The van der Waals surface area contributed by atoms with Crippen molar-refractivity contribution in [3.8, 4) is 0 Å². The van der Waals surface area contributed by atoms with Gasteiger partial charge < -0.3 is 10.6 Å². The molecule has 0 aliphatic heterocycles. The van der Waals surface area contributed by atoms with Crippen LogP contribution in [0.15, 0.2) is 24.3 Å². The molecule has 0 atom stereocenters. The third kappa shape index (κ3) is 4.75. The molecular formula is C12H20N2O2S. The van der Waals surface area contributed by atoms with Gasteiger partial charge in [0.1, 0.15) is 9.84 Å². The van der Waals surface area contributed by atoms with Crippen LogP contribution in [0.25, 0.3) is 0 Å². The molecule has 1 aromatic rings. The van der Waals surface area contributed by atoms with E-state index < -0.39 is 9.84 Å². The Morgan fingerprint density at radius 2 is 1.82 bits per heavy atom. The Hall–Kier alpha value is -1.07. The van der Waals surface area contributed by atoms with E-state index in [0.717, 1.165) is 17.8 Å². The lowest BCUT2D eigenvalue weighted by atomic mass is 10.2. The Bertz CT molecular complexity index is 440. The predicted molar refractivity (Wildman–Crippen MR) is 71.9 cm³/mol. The minimum atomic E-state index is -2.91. The summed E-state index contributed by atoms with van der Waals surface area (Å²) in [6, 6.07) is 7.90. The Balaban J connectivity index is 2.72. The van der Waals surface area contributed by atoms with Gasteiger partial charge in [-0.25, -0.2) is 8.42 Å². The zero-order valence-electron chi connectivity index (χ0n) is 10.4. The van der Waals surface area contributed by atoms with Gasteiger partial charge in [0.2, 0.25) is 0 Å². The summed E-state index contributed by atoms with van der Waals surface area (Å²) in [7, 11) is -2.91. The molecule has 4 nitrogen and oxygen atoms in total. The summed E-state index contributed by atoms with van der Waals surface area (Å²) in [6.07, 6.45) is 1.26. The number of benzene rings is 1. The normalized spacial score (nSPS) is 11.5. The van der Waals surface area contributed by atoms with Crippen LogP contribution in [0.3, 0.4) is 0 Å². The summed E-state index contributed by atoms with van der Waals surface area (Å²) in [4.78, 5) is 2.04. The molecule has 0 saturated heterocycles. The van der Waals surface area contributed by atoms with Crippen LogP contribution in [0.4, 0.5) is 5.69 Å². The highest BCUT2D eigenvalue weighted by Gasteiger charge is 2.08. The molecule has 0 fully saturated rings. The van der Waals surface area contributed by atoms with Gasteiger partial charge in [0.15, 0.2) is 0 Å². The Kier molecular flexibility index (Phi) is 4.96. The summed E-state index contributed by atoms with van der Waals surface area (Å²) in [5.74, 6) is 0.180. The maximum Gasteiger partial charge on any atom is 0.149 e. The predicted octanol–water partition coefficient (Wildman–Crippen LogP) is 1.02. The SMILES string of the molecule is CCN(CCS(C)(=O)=O)c1ccc(CN)cc1. The van der Waals surface area contributed by atoms with Crippen molar-refractivity contribution in [1.29, 1.82) is 0 Å². The number of sulfone groups is 1. The smallest absolute Gasteiger partial charge is 0.149 e. The summed E-state index contributed by atoms with van der Waals surface area (Å²) in [5, 5.41) is 0. The number of anilines is 1. The van der Waals surface area contributed by atoms with Crippen molar-refractivity contribution in [3.63, 3.8) is 0 Å². The second kappa shape index (κ2) is 6.02. The fraction of sp³-hybridized carbons (Fsp3) is 0.500. The van der Waals surface area contributed by atoms with Gasteiger partial charge in [-0.3, -0.25) is 0 Å². The van der Waals surface area contributed by atoms with Crippen LogP contribution in [0, 0.1) is 0 Å². The van der Waals surface area contributed by atoms with E-state index in [-0.39, 0.29) is 5.75 Å². The van der Waals surface area contributed by atoms with Gasteiger partial charge in [-0.1, -0.05) is 12.1 Å². The van der Waals surface area contributed by atoms with Crippen LogP contribution < -0.4 is 10.6 Å². The lowest BCUT2D eigenvalue weighted by molar-refractivity contribution is 0.600. The van der Waals surface area contributed by atoms with E-state index >= 15 is 0 Å². The highest BCUT2D eigenvalue weighted by atomic mass is 32.2. The molecule has 0 bridgehead atoms. The molecule has 1 aromatic carbocycles. The van der Waals surface area contributed by atoms with Crippen LogP contribution in [-0.4, -0.2) is 33.5 Å². The molecular weight excluding hydrogens is 236 g/mol. The van der Waals surface area contributed by atoms with Crippen molar-refractivity contribution in [2.75, 3.05) is 30.0 Å². The maximum atomic E-state index is 11.1. The molecule has 0 aliphatic carbocycles. The minimum Gasteiger partial charge on any atom is -0.371 e. The van der Waals surface area contributed by atoms with E-state index in [1.807, 2.05) is 36.1 Å².